The van der Waals surface area contributed by atoms with Crippen molar-refractivity contribution in [3.63, 3.8) is 0 Å². The zero-order valence-corrected chi connectivity index (χ0v) is 28.3. The van der Waals surface area contributed by atoms with Gasteiger partial charge < -0.3 is 9.32 Å². The van der Waals surface area contributed by atoms with Crippen molar-refractivity contribution in [2.45, 2.75) is 0 Å². The van der Waals surface area contributed by atoms with Crippen molar-refractivity contribution < 1.29 is 4.42 Å². The number of benzene rings is 9. The number of rotatable bonds is 6. The van der Waals surface area contributed by atoms with Crippen LogP contribution in [0.1, 0.15) is 0 Å². The molecule has 0 bridgehead atoms. The Bertz CT molecular complexity index is 2880. The van der Waals surface area contributed by atoms with Crippen LogP contribution in [-0.4, -0.2) is 4.98 Å². The Morgan fingerprint density at radius 2 is 0.942 bits per heavy atom. The van der Waals surface area contributed by atoms with Crippen LogP contribution in [0.25, 0.3) is 77.1 Å². The summed E-state index contributed by atoms with van der Waals surface area (Å²) in [5.41, 5.74) is 10.5. The Morgan fingerprint density at radius 3 is 1.73 bits per heavy atom. The Morgan fingerprint density at radius 1 is 0.365 bits per heavy atom. The number of hydrogen-bond donors (Lipinski definition) is 0. The van der Waals surface area contributed by atoms with E-state index in [0.717, 1.165) is 50.1 Å². The summed E-state index contributed by atoms with van der Waals surface area (Å²) in [6, 6.07) is 68.7. The van der Waals surface area contributed by atoms with Crippen molar-refractivity contribution in [3.8, 4) is 33.7 Å². The molecule has 0 atom stereocenters. The van der Waals surface area contributed by atoms with E-state index in [4.69, 9.17) is 9.40 Å². The fourth-order valence-electron chi connectivity index (χ4n) is 7.50. The van der Waals surface area contributed by atoms with Gasteiger partial charge in [0.25, 0.3) is 0 Å². The van der Waals surface area contributed by atoms with Crippen LogP contribution in [0.3, 0.4) is 0 Å². The van der Waals surface area contributed by atoms with E-state index >= 15 is 0 Å². The van der Waals surface area contributed by atoms with Gasteiger partial charge in [0.2, 0.25) is 5.89 Å². The summed E-state index contributed by atoms with van der Waals surface area (Å²) in [4.78, 5) is 7.23. The molecule has 1 aromatic heterocycles. The average molecular weight is 665 g/mol. The molecule has 9 aromatic carbocycles. The Hall–Kier alpha value is -6.97. The number of aromatic nitrogens is 1. The summed E-state index contributed by atoms with van der Waals surface area (Å²) < 4.78 is 6.56. The van der Waals surface area contributed by atoms with Gasteiger partial charge in [-0.1, -0.05) is 133 Å². The second kappa shape index (κ2) is 12.4. The lowest BCUT2D eigenvalue weighted by Crippen LogP contribution is -2.09. The minimum Gasteiger partial charge on any atom is -0.435 e. The number of fused-ring (bicyclic) bond motifs is 6. The summed E-state index contributed by atoms with van der Waals surface area (Å²) >= 11 is 0. The van der Waals surface area contributed by atoms with Gasteiger partial charge in [0.05, 0.1) is 0 Å². The van der Waals surface area contributed by atoms with Crippen molar-refractivity contribution in [2.24, 2.45) is 0 Å². The summed E-state index contributed by atoms with van der Waals surface area (Å²) in [5.74, 6) is 0.615. The molecule has 0 aliphatic rings. The molecular weight excluding hydrogens is 633 g/mol. The highest BCUT2D eigenvalue weighted by molar-refractivity contribution is 6.14. The molecule has 3 heteroatoms. The first kappa shape index (κ1) is 29.9. The molecule has 0 spiro atoms. The molecule has 0 amide bonds. The summed E-state index contributed by atoms with van der Waals surface area (Å²) in [6.07, 6.45) is 0. The lowest BCUT2D eigenvalue weighted by molar-refractivity contribution is 0.623. The topological polar surface area (TPSA) is 29.3 Å². The quantitative estimate of drug-likeness (QED) is 0.166. The third-order valence-electron chi connectivity index (χ3n) is 10.1. The fourth-order valence-corrected chi connectivity index (χ4v) is 7.50. The van der Waals surface area contributed by atoms with E-state index in [1.165, 1.54) is 38.2 Å². The molecule has 0 saturated carbocycles. The van der Waals surface area contributed by atoms with Crippen molar-refractivity contribution >= 4 is 60.5 Å². The Kier molecular flexibility index (Phi) is 7.14. The van der Waals surface area contributed by atoms with Crippen LogP contribution < -0.4 is 4.90 Å². The molecule has 3 nitrogen and oxygen atoms in total. The zero-order chi connectivity index (χ0) is 34.4. The largest absolute Gasteiger partial charge is 0.435 e. The number of anilines is 3. The van der Waals surface area contributed by atoms with Gasteiger partial charge in [0, 0.05) is 28.0 Å². The highest BCUT2D eigenvalue weighted by Gasteiger charge is 2.17. The normalized spacial score (nSPS) is 11.5. The van der Waals surface area contributed by atoms with Crippen LogP contribution in [0.2, 0.25) is 0 Å². The molecule has 0 radical (unpaired) electrons. The minimum atomic E-state index is 0.615. The van der Waals surface area contributed by atoms with Crippen LogP contribution in [-0.2, 0) is 0 Å². The number of nitrogens with zero attached hydrogens (tertiary/aromatic N) is 2. The molecule has 0 aliphatic carbocycles. The zero-order valence-electron chi connectivity index (χ0n) is 28.3. The van der Waals surface area contributed by atoms with Crippen LogP contribution in [0.5, 0.6) is 0 Å². The molecule has 0 aliphatic heterocycles. The number of oxazole rings is 1. The average Bonchev–Trinajstić information content (AvgIpc) is 3.67. The van der Waals surface area contributed by atoms with E-state index in [1.807, 2.05) is 12.1 Å². The number of para-hydroxylation sites is 1. The van der Waals surface area contributed by atoms with E-state index in [0.29, 0.717) is 5.89 Å². The van der Waals surface area contributed by atoms with Gasteiger partial charge in [-0.25, -0.2) is 4.98 Å². The molecule has 0 fully saturated rings. The van der Waals surface area contributed by atoms with Gasteiger partial charge in [0.15, 0.2) is 5.58 Å². The Balaban J connectivity index is 1.06. The molecular formula is C49H32N2O. The van der Waals surface area contributed by atoms with Crippen molar-refractivity contribution in [2.75, 3.05) is 4.90 Å². The number of hydrogen-bond acceptors (Lipinski definition) is 3. The highest BCUT2D eigenvalue weighted by atomic mass is 16.3. The molecule has 52 heavy (non-hydrogen) atoms. The van der Waals surface area contributed by atoms with Gasteiger partial charge in [-0.15, -0.1) is 0 Å². The van der Waals surface area contributed by atoms with Crippen LogP contribution in [0, 0.1) is 0 Å². The molecule has 1 heterocycles. The molecule has 244 valence electrons. The maximum atomic E-state index is 6.56. The predicted octanol–water partition coefficient (Wildman–Crippen LogP) is 13.8. The molecule has 10 aromatic rings. The fraction of sp³-hybridized carbons (Fsp3) is 0. The Labute approximate surface area is 301 Å². The van der Waals surface area contributed by atoms with E-state index in [9.17, 15) is 0 Å². The monoisotopic (exact) mass is 664 g/mol. The summed E-state index contributed by atoms with van der Waals surface area (Å²) in [6.45, 7) is 0. The minimum absolute atomic E-state index is 0.615. The van der Waals surface area contributed by atoms with Crippen molar-refractivity contribution in [3.05, 3.63) is 194 Å². The van der Waals surface area contributed by atoms with E-state index < -0.39 is 0 Å². The first-order chi connectivity index (χ1) is 25.8. The third-order valence-corrected chi connectivity index (χ3v) is 10.1. The summed E-state index contributed by atoms with van der Waals surface area (Å²) in [5, 5.41) is 7.17. The van der Waals surface area contributed by atoms with E-state index in [-0.39, 0.29) is 0 Å². The first-order valence-corrected chi connectivity index (χ1v) is 17.6. The van der Waals surface area contributed by atoms with Gasteiger partial charge in [-0.05, 0) is 110 Å². The molecule has 0 saturated heterocycles. The molecule has 0 unspecified atom stereocenters. The summed E-state index contributed by atoms with van der Waals surface area (Å²) in [7, 11) is 0. The van der Waals surface area contributed by atoms with Crippen LogP contribution in [0.4, 0.5) is 17.1 Å². The maximum absolute atomic E-state index is 6.56. The lowest BCUT2D eigenvalue weighted by atomic mass is 9.93. The second-order valence-electron chi connectivity index (χ2n) is 13.2. The first-order valence-electron chi connectivity index (χ1n) is 17.6. The van der Waals surface area contributed by atoms with Gasteiger partial charge in [-0.3, -0.25) is 0 Å². The predicted molar refractivity (Wildman–Crippen MR) is 218 cm³/mol. The molecule has 0 N–H and O–H groups in total. The molecule has 10 rings (SSSR count). The van der Waals surface area contributed by atoms with E-state index in [1.54, 1.807) is 0 Å². The third kappa shape index (κ3) is 5.19. The SMILES string of the molecule is c1ccc(-c2ccc(-c3nc4ccc5ccc(N(c6ccccc6)c6ccc(-c7cc8ccccc8c8ccccc78)cc6)cc5c4o3)cc2)cc1. The van der Waals surface area contributed by atoms with Crippen molar-refractivity contribution in [1.82, 2.24) is 4.98 Å². The van der Waals surface area contributed by atoms with Crippen LogP contribution >= 0.6 is 0 Å². The standard InChI is InChI=1S/C49H32N2O/c1-3-11-33(12-4-1)34-19-21-37(22-20-34)49-50-47-30-26-36-25-29-41(32-46(36)48(47)52-49)51(39-14-5-2-6-15-39)40-27-23-35(24-28-40)45-31-38-13-7-8-16-42(38)43-17-9-10-18-44(43)45/h1-32H. The van der Waals surface area contributed by atoms with Gasteiger partial charge in [0.1, 0.15) is 5.52 Å². The second-order valence-corrected chi connectivity index (χ2v) is 13.2. The van der Waals surface area contributed by atoms with Gasteiger partial charge >= 0.3 is 0 Å². The van der Waals surface area contributed by atoms with Crippen LogP contribution in [0.15, 0.2) is 199 Å². The van der Waals surface area contributed by atoms with Crippen molar-refractivity contribution in [1.29, 1.82) is 0 Å². The lowest BCUT2D eigenvalue weighted by Gasteiger charge is -2.26. The van der Waals surface area contributed by atoms with Gasteiger partial charge in [-0.2, -0.15) is 0 Å². The maximum Gasteiger partial charge on any atom is 0.227 e. The highest BCUT2D eigenvalue weighted by Crippen LogP contribution is 2.41. The van der Waals surface area contributed by atoms with E-state index in [2.05, 4.69) is 187 Å². The smallest absolute Gasteiger partial charge is 0.227 e.